The lowest BCUT2D eigenvalue weighted by Crippen LogP contribution is -2.61. The van der Waals surface area contributed by atoms with Gasteiger partial charge in [0.15, 0.2) is 11.5 Å². The molecule has 2 aliphatic heterocycles. The number of methoxy groups -OCH3 is 2. The highest BCUT2D eigenvalue weighted by atomic mass is 35.5. The van der Waals surface area contributed by atoms with Crippen molar-refractivity contribution in [2.24, 2.45) is 5.92 Å². The highest BCUT2D eigenvalue weighted by Crippen LogP contribution is 2.39. The van der Waals surface area contributed by atoms with Gasteiger partial charge in [0, 0.05) is 44.0 Å². The molecule has 0 aromatic heterocycles. The molecule has 2 aliphatic rings. The number of rotatable bonds is 8. The highest BCUT2D eigenvalue weighted by Gasteiger charge is 2.42. The van der Waals surface area contributed by atoms with Crippen LogP contribution in [-0.2, 0) is 17.6 Å². The number of nitrogens with one attached hydrogen (secondary N) is 1. The SMILES string of the molecule is COc1ccc(CCNC(=O)C2Cc3cc([N+](=O)[O-])ccc3N3CCN(c4ccccc4Cl)CC23)cc1OC. The minimum absolute atomic E-state index is 0.0366. The summed E-state index contributed by atoms with van der Waals surface area (Å²) >= 11 is 6.51. The first-order chi connectivity index (χ1) is 18.9. The summed E-state index contributed by atoms with van der Waals surface area (Å²) in [6.07, 6.45) is 1.05. The number of hydrogen-bond donors (Lipinski definition) is 1. The van der Waals surface area contributed by atoms with Crippen LogP contribution in [0.2, 0.25) is 5.02 Å². The van der Waals surface area contributed by atoms with Gasteiger partial charge in [0.25, 0.3) is 5.69 Å². The van der Waals surface area contributed by atoms with E-state index >= 15 is 0 Å². The molecule has 0 bridgehead atoms. The summed E-state index contributed by atoms with van der Waals surface area (Å²) in [6, 6.07) is 18.3. The molecule has 2 unspecified atom stereocenters. The van der Waals surface area contributed by atoms with Crippen LogP contribution in [-0.4, -0.2) is 57.3 Å². The standard InChI is InChI=1S/C29H31ClN4O5/c1-38-27-10-7-19(15-28(27)39-2)11-12-31-29(35)22-17-20-16-21(34(36)37)8-9-24(20)33-14-13-32(18-26(22)33)25-6-4-3-5-23(25)30/h3-10,15-16,22,26H,11-14,17-18H2,1-2H3,(H,31,35). The molecule has 5 rings (SSSR count). The molecule has 39 heavy (non-hydrogen) atoms. The lowest BCUT2D eigenvalue weighted by molar-refractivity contribution is -0.384. The largest absolute Gasteiger partial charge is 0.493 e. The number of para-hydroxylation sites is 1. The molecule has 0 aliphatic carbocycles. The van der Waals surface area contributed by atoms with Crippen LogP contribution in [0.25, 0.3) is 0 Å². The summed E-state index contributed by atoms with van der Waals surface area (Å²) in [4.78, 5) is 29.2. The molecule has 9 nitrogen and oxygen atoms in total. The van der Waals surface area contributed by atoms with Gasteiger partial charge >= 0.3 is 0 Å². The van der Waals surface area contributed by atoms with Crippen LogP contribution in [0, 0.1) is 16.0 Å². The molecule has 3 aromatic carbocycles. The van der Waals surface area contributed by atoms with Gasteiger partial charge in [0.05, 0.1) is 41.8 Å². The van der Waals surface area contributed by atoms with Gasteiger partial charge in [-0.15, -0.1) is 0 Å². The van der Waals surface area contributed by atoms with Crippen LogP contribution >= 0.6 is 11.6 Å². The summed E-state index contributed by atoms with van der Waals surface area (Å²) in [5.41, 5.74) is 3.78. The van der Waals surface area contributed by atoms with Crippen LogP contribution in [0.3, 0.4) is 0 Å². The van der Waals surface area contributed by atoms with Crippen molar-refractivity contribution in [3.8, 4) is 11.5 Å². The zero-order valence-electron chi connectivity index (χ0n) is 21.9. The predicted octanol–water partition coefficient (Wildman–Crippen LogP) is 4.49. The van der Waals surface area contributed by atoms with Crippen molar-refractivity contribution in [1.82, 2.24) is 5.32 Å². The molecule has 1 saturated heterocycles. The summed E-state index contributed by atoms with van der Waals surface area (Å²) in [5, 5.41) is 15.2. The van der Waals surface area contributed by atoms with Gasteiger partial charge in [-0.2, -0.15) is 0 Å². The predicted molar refractivity (Wildman–Crippen MR) is 151 cm³/mol. The van der Waals surface area contributed by atoms with Gasteiger partial charge < -0.3 is 24.6 Å². The first-order valence-electron chi connectivity index (χ1n) is 12.9. The smallest absolute Gasteiger partial charge is 0.269 e. The number of anilines is 2. The fraction of sp³-hybridized carbons (Fsp3) is 0.345. The molecule has 204 valence electrons. The number of nitrogens with zero attached hydrogens (tertiary/aromatic N) is 3. The molecule has 0 saturated carbocycles. The average molecular weight is 551 g/mol. The number of ether oxygens (including phenoxy) is 2. The number of amides is 1. The Morgan fingerprint density at radius 1 is 1.05 bits per heavy atom. The van der Waals surface area contributed by atoms with Gasteiger partial charge in [-0.25, -0.2) is 0 Å². The van der Waals surface area contributed by atoms with Crippen LogP contribution < -0.4 is 24.6 Å². The second-order valence-corrected chi connectivity index (χ2v) is 10.2. The fourth-order valence-corrected chi connectivity index (χ4v) is 5.90. The number of carbonyl (C=O) groups excluding carboxylic acids is 1. The second-order valence-electron chi connectivity index (χ2n) is 9.77. The van der Waals surface area contributed by atoms with Crippen molar-refractivity contribution in [3.63, 3.8) is 0 Å². The van der Waals surface area contributed by atoms with Crippen LogP contribution in [0.4, 0.5) is 17.1 Å². The summed E-state index contributed by atoms with van der Waals surface area (Å²) in [6.45, 7) is 2.47. The molecule has 0 spiro atoms. The molecule has 3 aromatic rings. The molecule has 1 fully saturated rings. The van der Waals surface area contributed by atoms with E-state index in [4.69, 9.17) is 21.1 Å². The molecule has 1 N–H and O–H groups in total. The van der Waals surface area contributed by atoms with Crippen molar-refractivity contribution in [1.29, 1.82) is 0 Å². The van der Waals surface area contributed by atoms with E-state index in [2.05, 4.69) is 15.1 Å². The van der Waals surface area contributed by atoms with Gasteiger partial charge in [0.1, 0.15) is 0 Å². The fourth-order valence-electron chi connectivity index (χ4n) is 5.65. The summed E-state index contributed by atoms with van der Waals surface area (Å²) < 4.78 is 10.7. The Labute approximate surface area is 232 Å². The Bertz CT molecular complexity index is 1380. The van der Waals surface area contributed by atoms with Crippen molar-refractivity contribution < 1.29 is 19.2 Å². The van der Waals surface area contributed by atoms with Gasteiger partial charge in [-0.05, 0) is 54.3 Å². The normalized spacial score (nSPS) is 18.1. The van der Waals surface area contributed by atoms with E-state index in [-0.39, 0.29) is 28.5 Å². The maximum atomic E-state index is 13.6. The third-order valence-electron chi connectivity index (χ3n) is 7.60. The van der Waals surface area contributed by atoms with Gasteiger partial charge in [-0.3, -0.25) is 14.9 Å². The quantitative estimate of drug-likeness (QED) is 0.326. The monoisotopic (exact) mass is 550 g/mol. The highest BCUT2D eigenvalue weighted by molar-refractivity contribution is 6.33. The molecule has 2 heterocycles. The number of halogens is 1. The topological polar surface area (TPSA) is 97.2 Å². The molecule has 10 heteroatoms. The van der Waals surface area contributed by atoms with Crippen LogP contribution in [0.1, 0.15) is 11.1 Å². The van der Waals surface area contributed by atoms with E-state index in [1.165, 1.54) is 0 Å². The number of piperazine rings is 1. The number of non-ortho nitro benzene ring substituents is 1. The molecule has 2 atom stereocenters. The Kier molecular flexibility index (Phi) is 7.79. The number of benzene rings is 3. The number of fused-ring (bicyclic) bond motifs is 3. The lowest BCUT2D eigenvalue weighted by atomic mass is 9.83. The lowest BCUT2D eigenvalue weighted by Gasteiger charge is -2.49. The Morgan fingerprint density at radius 2 is 1.85 bits per heavy atom. The third kappa shape index (κ3) is 5.45. The average Bonchev–Trinajstić information content (AvgIpc) is 2.96. The molecular formula is C29H31ClN4O5. The van der Waals surface area contributed by atoms with Crippen LogP contribution in [0.5, 0.6) is 11.5 Å². The van der Waals surface area contributed by atoms with E-state index in [0.29, 0.717) is 49.0 Å². The molecule has 1 amide bonds. The first-order valence-corrected chi connectivity index (χ1v) is 13.3. The van der Waals surface area contributed by atoms with Crippen molar-refractivity contribution in [2.75, 3.05) is 50.2 Å². The number of carbonyl (C=O) groups is 1. The number of nitro groups is 1. The van der Waals surface area contributed by atoms with E-state index in [9.17, 15) is 14.9 Å². The van der Waals surface area contributed by atoms with E-state index in [0.717, 1.165) is 29.0 Å². The van der Waals surface area contributed by atoms with E-state index in [1.54, 1.807) is 26.4 Å². The maximum Gasteiger partial charge on any atom is 0.269 e. The minimum atomic E-state index is -0.389. The molecule has 0 radical (unpaired) electrons. The minimum Gasteiger partial charge on any atom is -0.493 e. The number of hydrogen-bond acceptors (Lipinski definition) is 7. The van der Waals surface area contributed by atoms with E-state index in [1.807, 2.05) is 48.5 Å². The van der Waals surface area contributed by atoms with E-state index < -0.39 is 0 Å². The van der Waals surface area contributed by atoms with Gasteiger partial charge in [0.2, 0.25) is 5.91 Å². The third-order valence-corrected chi connectivity index (χ3v) is 7.92. The summed E-state index contributed by atoms with van der Waals surface area (Å²) in [5.74, 6) is 0.851. The maximum absolute atomic E-state index is 13.6. The van der Waals surface area contributed by atoms with Crippen LogP contribution in [0.15, 0.2) is 60.7 Å². The van der Waals surface area contributed by atoms with Gasteiger partial charge in [-0.1, -0.05) is 29.8 Å². The number of nitro benzene ring substituents is 1. The van der Waals surface area contributed by atoms with Crippen molar-refractivity contribution in [3.05, 3.63) is 86.9 Å². The zero-order valence-corrected chi connectivity index (χ0v) is 22.7. The Morgan fingerprint density at radius 3 is 2.59 bits per heavy atom. The zero-order chi connectivity index (χ0) is 27.5. The Balaban J connectivity index is 1.36. The van der Waals surface area contributed by atoms with Crippen molar-refractivity contribution in [2.45, 2.75) is 18.9 Å². The molecular weight excluding hydrogens is 520 g/mol. The van der Waals surface area contributed by atoms with Crippen molar-refractivity contribution >= 4 is 34.6 Å². The Hall–Kier alpha value is -3.98. The second kappa shape index (κ2) is 11.4. The summed E-state index contributed by atoms with van der Waals surface area (Å²) in [7, 11) is 3.19. The first kappa shape index (κ1) is 26.6.